The van der Waals surface area contributed by atoms with Crippen LogP contribution >= 0.6 is 0 Å². The molecule has 0 aliphatic carbocycles. The molecule has 0 saturated carbocycles. The van der Waals surface area contributed by atoms with Crippen LogP contribution in [0.3, 0.4) is 0 Å². The van der Waals surface area contributed by atoms with E-state index in [9.17, 15) is 15.2 Å². The van der Waals surface area contributed by atoms with Gasteiger partial charge in [-0.3, -0.25) is 15.1 Å². The van der Waals surface area contributed by atoms with Crippen molar-refractivity contribution in [3.8, 4) is 23.0 Å². The van der Waals surface area contributed by atoms with E-state index in [2.05, 4.69) is 4.99 Å². The Morgan fingerprint density at radius 1 is 1.08 bits per heavy atom. The molecule has 126 valence electrons. The van der Waals surface area contributed by atoms with Gasteiger partial charge < -0.3 is 19.3 Å². The normalized spacial score (nSPS) is 10.6. The predicted molar refractivity (Wildman–Crippen MR) is 85.9 cm³/mol. The average molecular weight is 331 g/mol. The molecule has 0 amide bonds. The molecule has 2 aromatic carbocycles. The molecule has 0 aliphatic rings. The Bertz CT molecular complexity index is 763. The third kappa shape index (κ3) is 3.37. The fraction of sp³-hybridized carbons (Fsp3) is 0.188. The molecule has 0 radical (unpaired) electrons. The molecule has 2 rings (SSSR count). The van der Waals surface area contributed by atoms with Gasteiger partial charge in [-0.15, -0.1) is 0 Å². The molecule has 24 heavy (non-hydrogen) atoms. The van der Waals surface area contributed by atoms with Crippen molar-refractivity contribution in [1.82, 2.24) is 0 Å². The Morgan fingerprint density at radius 2 is 1.71 bits per heavy atom. The highest BCUT2D eigenvalue weighted by Crippen LogP contribution is 2.40. The highest BCUT2D eigenvalue weighted by Gasteiger charge is 2.13. The molecule has 0 saturated heterocycles. The number of nitrogens with zero attached hydrogens (tertiary/aromatic N) is 2. The number of ether oxygens (including phenoxy) is 3. The van der Waals surface area contributed by atoms with E-state index in [0.717, 1.165) is 6.07 Å². The first-order chi connectivity index (χ1) is 11.5. The van der Waals surface area contributed by atoms with Crippen molar-refractivity contribution in [3.05, 3.63) is 46.0 Å². The lowest BCUT2D eigenvalue weighted by Crippen LogP contribution is -2.01. The van der Waals surface area contributed by atoms with Gasteiger partial charge in [0.05, 0.1) is 31.9 Å². The third-order valence-corrected chi connectivity index (χ3v) is 3.22. The van der Waals surface area contributed by atoms with Gasteiger partial charge in [-0.1, -0.05) is 12.1 Å². The Kier molecular flexibility index (Phi) is 5.20. The number of nitro groups is 1. The van der Waals surface area contributed by atoms with Crippen LogP contribution in [0.15, 0.2) is 35.3 Å². The summed E-state index contributed by atoms with van der Waals surface area (Å²) >= 11 is 0. The lowest BCUT2D eigenvalue weighted by Gasteiger charge is -2.13. The van der Waals surface area contributed by atoms with Crippen molar-refractivity contribution in [2.45, 2.75) is 0 Å². The summed E-state index contributed by atoms with van der Waals surface area (Å²) in [4.78, 5) is 14.2. The quantitative estimate of drug-likeness (QED) is 0.457. The zero-order valence-electron chi connectivity index (χ0n) is 13.3. The van der Waals surface area contributed by atoms with Crippen molar-refractivity contribution in [1.29, 1.82) is 0 Å². The second kappa shape index (κ2) is 7.32. The molecule has 0 heterocycles. The van der Waals surface area contributed by atoms with Crippen molar-refractivity contribution < 1.29 is 24.2 Å². The minimum atomic E-state index is -0.723. The number of rotatable bonds is 6. The minimum Gasteiger partial charge on any atom is -0.867 e. The van der Waals surface area contributed by atoms with Crippen LogP contribution in [0, 0.1) is 10.1 Å². The summed E-state index contributed by atoms with van der Waals surface area (Å²) in [5, 5.41) is 22.8. The number of hydrogen-bond acceptors (Lipinski definition) is 7. The van der Waals surface area contributed by atoms with Crippen LogP contribution in [0.25, 0.3) is 0 Å². The standard InChI is InChI=1S/C16H16N2O6/c1-22-13-7-11(8-14(23-2)16(13)24-3)17-9-10-5-4-6-12(15(10)19)18(20)21/h4-9,19H,1-3H3/p-1. The second-order valence-electron chi connectivity index (χ2n) is 4.59. The summed E-state index contributed by atoms with van der Waals surface area (Å²) in [5.74, 6) is 0.535. The number of aliphatic imine (C=N–C) groups is 1. The maximum atomic E-state index is 12.0. The molecular weight excluding hydrogens is 316 g/mol. The average Bonchev–Trinajstić information content (AvgIpc) is 2.59. The number of methoxy groups -OCH3 is 3. The van der Waals surface area contributed by atoms with Gasteiger partial charge >= 0.3 is 0 Å². The first-order valence-electron chi connectivity index (χ1n) is 6.80. The number of para-hydroxylation sites is 1. The molecule has 0 bridgehead atoms. The van der Waals surface area contributed by atoms with Gasteiger partial charge in [-0.2, -0.15) is 0 Å². The molecule has 8 nitrogen and oxygen atoms in total. The molecular formula is C16H15N2O6-. The predicted octanol–water partition coefficient (Wildman–Crippen LogP) is 2.44. The van der Waals surface area contributed by atoms with Crippen LogP contribution in [0.5, 0.6) is 23.0 Å². The first kappa shape index (κ1) is 17.1. The van der Waals surface area contributed by atoms with Gasteiger partial charge in [0.15, 0.2) is 11.5 Å². The van der Waals surface area contributed by atoms with Crippen LogP contribution in [0.2, 0.25) is 0 Å². The van der Waals surface area contributed by atoms with E-state index in [0.29, 0.717) is 22.9 Å². The number of hydrogen-bond donors (Lipinski definition) is 0. The van der Waals surface area contributed by atoms with Crippen molar-refractivity contribution in [3.63, 3.8) is 0 Å². The smallest absolute Gasteiger partial charge is 0.262 e. The lowest BCUT2D eigenvalue weighted by molar-refractivity contribution is -0.398. The van der Waals surface area contributed by atoms with Gasteiger partial charge in [0.1, 0.15) is 0 Å². The number of nitro benzene ring substituents is 1. The fourth-order valence-electron chi connectivity index (χ4n) is 2.07. The summed E-state index contributed by atoms with van der Waals surface area (Å²) in [5.41, 5.74) is 0.0530. The van der Waals surface area contributed by atoms with E-state index >= 15 is 0 Å². The maximum absolute atomic E-state index is 12.0. The van der Waals surface area contributed by atoms with Crippen LogP contribution in [-0.2, 0) is 0 Å². The summed E-state index contributed by atoms with van der Waals surface area (Å²) < 4.78 is 15.6. The zero-order valence-corrected chi connectivity index (χ0v) is 13.3. The molecule has 0 atom stereocenters. The first-order valence-corrected chi connectivity index (χ1v) is 6.80. The highest BCUT2D eigenvalue weighted by molar-refractivity contribution is 5.87. The van der Waals surface area contributed by atoms with E-state index in [4.69, 9.17) is 14.2 Å². The highest BCUT2D eigenvalue weighted by atomic mass is 16.6. The second-order valence-corrected chi connectivity index (χ2v) is 4.59. The summed E-state index contributed by atoms with van der Waals surface area (Å²) in [7, 11) is 4.43. The lowest BCUT2D eigenvalue weighted by atomic mass is 10.2. The van der Waals surface area contributed by atoms with E-state index in [-0.39, 0.29) is 5.56 Å². The number of benzene rings is 2. The largest absolute Gasteiger partial charge is 0.867 e. The maximum Gasteiger partial charge on any atom is 0.262 e. The summed E-state index contributed by atoms with van der Waals surface area (Å²) in [6, 6.07) is 7.23. The zero-order chi connectivity index (χ0) is 17.7. The molecule has 0 unspecified atom stereocenters. The van der Waals surface area contributed by atoms with Gasteiger partial charge in [0.2, 0.25) is 5.75 Å². The Morgan fingerprint density at radius 3 is 2.21 bits per heavy atom. The van der Waals surface area contributed by atoms with Crippen molar-refractivity contribution in [2.75, 3.05) is 21.3 Å². The van der Waals surface area contributed by atoms with Crippen LogP contribution in [0.1, 0.15) is 5.56 Å². The van der Waals surface area contributed by atoms with Gasteiger partial charge in [0, 0.05) is 24.4 Å². The third-order valence-electron chi connectivity index (χ3n) is 3.22. The Balaban J connectivity index is 2.43. The Labute approximate surface area is 138 Å². The molecule has 0 N–H and O–H groups in total. The summed E-state index contributed by atoms with van der Waals surface area (Å²) in [6.45, 7) is 0. The molecule has 0 aliphatic heterocycles. The van der Waals surface area contributed by atoms with E-state index in [1.54, 1.807) is 12.1 Å². The van der Waals surface area contributed by atoms with Gasteiger partial charge in [-0.05, 0) is 11.3 Å². The monoisotopic (exact) mass is 331 g/mol. The SMILES string of the molecule is COc1cc(N=Cc2cccc([N+](=O)[O-])c2[O-])cc(OC)c1OC. The van der Waals surface area contributed by atoms with Gasteiger partial charge in [0.25, 0.3) is 5.69 Å². The van der Waals surface area contributed by atoms with E-state index in [1.807, 2.05) is 0 Å². The topological polar surface area (TPSA) is 106 Å². The van der Waals surface area contributed by atoms with E-state index < -0.39 is 16.4 Å². The molecule has 8 heteroatoms. The molecule has 2 aromatic rings. The molecule has 0 aromatic heterocycles. The minimum absolute atomic E-state index is 0.109. The fourth-order valence-corrected chi connectivity index (χ4v) is 2.07. The van der Waals surface area contributed by atoms with E-state index in [1.165, 1.54) is 39.7 Å². The van der Waals surface area contributed by atoms with Crippen molar-refractivity contribution in [2.24, 2.45) is 4.99 Å². The molecule has 0 fully saturated rings. The van der Waals surface area contributed by atoms with Crippen LogP contribution in [0.4, 0.5) is 11.4 Å². The summed E-state index contributed by atoms with van der Waals surface area (Å²) in [6.07, 6.45) is 1.26. The van der Waals surface area contributed by atoms with Crippen LogP contribution in [-0.4, -0.2) is 32.5 Å². The van der Waals surface area contributed by atoms with Crippen molar-refractivity contribution >= 4 is 17.6 Å². The van der Waals surface area contributed by atoms with Gasteiger partial charge in [-0.25, -0.2) is 0 Å². The molecule has 0 spiro atoms. The van der Waals surface area contributed by atoms with Crippen LogP contribution < -0.4 is 19.3 Å². The Hall–Kier alpha value is -3.29.